The van der Waals surface area contributed by atoms with Crippen molar-refractivity contribution in [2.24, 2.45) is 0 Å². The van der Waals surface area contributed by atoms with E-state index in [-0.39, 0.29) is 35.7 Å². The number of aromatic hydroxyl groups is 1. The first kappa shape index (κ1) is 19.8. The molecule has 0 aliphatic carbocycles. The Hall–Kier alpha value is -3.27. The number of nitriles is 1. The van der Waals surface area contributed by atoms with Gasteiger partial charge in [0, 0.05) is 17.2 Å². The molecule has 1 aromatic rings. The third-order valence-electron chi connectivity index (χ3n) is 2.85. The number of esters is 2. The zero-order valence-electron chi connectivity index (χ0n) is 14.1. The largest absolute Gasteiger partial charge is 0.507 e. The van der Waals surface area contributed by atoms with Crippen molar-refractivity contribution in [2.75, 3.05) is 19.8 Å². The summed E-state index contributed by atoms with van der Waals surface area (Å²) in [5.41, 5.74) is 0.200. The molecule has 0 fully saturated rings. The average molecular weight is 345 g/mol. The summed E-state index contributed by atoms with van der Waals surface area (Å²) in [5, 5.41) is 19.0. The minimum absolute atomic E-state index is 0.137. The van der Waals surface area contributed by atoms with Crippen molar-refractivity contribution >= 4 is 18.0 Å². The maximum absolute atomic E-state index is 11.9. The van der Waals surface area contributed by atoms with Crippen LogP contribution in [0.1, 0.15) is 19.4 Å². The van der Waals surface area contributed by atoms with Crippen LogP contribution in [0.25, 0.3) is 6.08 Å². The van der Waals surface area contributed by atoms with Gasteiger partial charge in [-0.3, -0.25) is 0 Å². The first-order valence-electron chi connectivity index (χ1n) is 7.46. The Morgan fingerprint density at radius 2 is 1.92 bits per heavy atom. The molecule has 7 nitrogen and oxygen atoms in total. The van der Waals surface area contributed by atoms with Crippen molar-refractivity contribution < 1.29 is 28.9 Å². The van der Waals surface area contributed by atoms with Crippen LogP contribution in [0.4, 0.5) is 0 Å². The van der Waals surface area contributed by atoms with Crippen LogP contribution < -0.4 is 4.74 Å². The SMILES string of the molecule is C=C(C)C(=O)OCCOC(=O)C(C#N)=Cc1ccc(OCC)cc1O. The molecule has 25 heavy (non-hydrogen) atoms. The topological polar surface area (TPSA) is 106 Å². The fourth-order valence-electron chi connectivity index (χ4n) is 1.66. The highest BCUT2D eigenvalue weighted by molar-refractivity contribution is 5.98. The van der Waals surface area contributed by atoms with Crippen LogP contribution in [0.15, 0.2) is 35.9 Å². The van der Waals surface area contributed by atoms with Gasteiger partial charge >= 0.3 is 11.9 Å². The second kappa shape index (κ2) is 9.78. The predicted octanol–water partition coefficient (Wildman–Crippen LogP) is 2.36. The molecule has 1 aromatic carbocycles. The molecule has 7 heteroatoms. The van der Waals surface area contributed by atoms with E-state index in [9.17, 15) is 14.7 Å². The second-order valence-corrected chi connectivity index (χ2v) is 4.88. The van der Waals surface area contributed by atoms with Crippen LogP contribution in [0.3, 0.4) is 0 Å². The second-order valence-electron chi connectivity index (χ2n) is 4.88. The predicted molar refractivity (Wildman–Crippen MR) is 89.6 cm³/mol. The monoisotopic (exact) mass is 345 g/mol. The number of hydrogen-bond acceptors (Lipinski definition) is 7. The highest BCUT2D eigenvalue weighted by atomic mass is 16.6. The van der Waals surface area contributed by atoms with Gasteiger partial charge in [0.2, 0.25) is 0 Å². The van der Waals surface area contributed by atoms with Gasteiger partial charge in [0.05, 0.1) is 6.61 Å². The number of rotatable bonds is 8. The van der Waals surface area contributed by atoms with Crippen molar-refractivity contribution in [2.45, 2.75) is 13.8 Å². The summed E-state index contributed by atoms with van der Waals surface area (Å²) < 4.78 is 14.9. The molecule has 0 radical (unpaired) electrons. The Kier molecular flexibility index (Phi) is 7.73. The molecule has 0 unspecified atom stereocenters. The van der Waals surface area contributed by atoms with E-state index in [1.165, 1.54) is 25.1 Å². The van der Waals surface area contributed by atoms with E-state index in [1.54, 1.807) is 12.1 Å². The molecule has 0 aliphatic heterocycles. The minimum atomic E-state index is -0.887. The van der Waals surface area contributed by atoms with E-state index in [1.807, 2.05) is 6.92 Å². The Labute approximate surface area is 145 Å². The van der Waals surface area contributed by atoms with E-state index in [2.05, 4.69) is 6.58 Å². The smallest absolute Gasteiger partial charge is 0.349 e. The molecule has 1 rings (SSSR count). The molecule has 0 bridgehead atoms. The number of benzene rings is 1. The van der Waals surface area contributed by atoms with Crippen molar-refractivity contribution in [1.29, 1.82) is 5.26 Å². The first-order chi connectivity index (χ1) is 11.9. The van der Waals surface area contributed by atoms with Crippen LogP contribution in [-0.2, 0) is 19.1 Å². The quantitative estimate of drug-likeness (QED) is 0.334. The fraction of sp³-hybridized carbons (Fsp3) is 0.278. The van der Waals surface area contributed by atoms with Gasteiger partial charge in [-0.05, 0) is 32.1 Å². The van der Waals surface area contributed by atoms with Gasteiger partial charge in [-0.15, -0.1) is 0 Å². The number of hydrogen-bond donors (Lipinski definition) is 1. The summed E-state index contributed by atoms with van der Waals surface area (Å²) in [6, 6.07) is 6.21. The number of ether oxygens (including phenoxy) is 3. The van der Waals surface area contributed by atoms with E-state index >= 15 is 0 Å². The highest BCUT2D eigenvalue weighted by Crippen LogP contribution is 2.25. The Morgan fingerprint density at radius 3 is 2.44 bits per heavy atom. The Bertz CT molecular complexity index is 730. The Morgan fingerprint density at radius 1 is 1.28 bits per heavy atom. The third kappa shape index (κ3) is 6.39. The number of carbonyl (C=O) groups is 2. The summed E-state index contributed by atoms with van der Waals surface area (Å²) in [5.74, 6) is -1.15. The number of carbonyl (C=O) groups excluding carboxylic acids is 2. The molecular weight excluding hydrogens is 326 g/mol. The molecule has 0 saturated heterocycles. The number of phenolic OH excluding ortho intramolecular Hbond substituents is 1. The third-order valence-corrected chi connectivity index (χ3v) is 2.85. The molecular formula is C18H19NO6. The molecule has 0 atom stereocenters. The van der Waals surface area contributed by atoms with Crippen LogP contribution in [0.5, 0.6) is 11.5 Å². The number of nitrogens with zero attached hydrogens (tertiary/aromatic N) is 1. The molecule has 0 aromatic heterocycles. The van der Waals surface area contributed by atoms with Crippen LogP contribution in [-0.4, -0.2) is 36.9 Å². The maximum atomic E-state index is 11.9. The van der Waals surface area contributed by atoms with Gasteiger partial charge in [-0.25, -0.2) is 9.59 Å². The van der Waals surface area contributed by atoms with Crippen molar-refractivity contribution in [1.82, 2.24) is 0 Å². The summed E-state index contributed by atoms with van der Waals surface area (Å²) in [4.78, 5) is 23.0. The maximum Gasteiger partial charge on any atom is 0.349 e. The van der Waals surface area contributed by atoms with Crippen molar-refractivity contribution in [3.8, 4) is 17.6 Å². The summed E-state index contributed by atoms with van der Waals surface area (Å²) >= 11 is 0. The van der Waals surface area contributed by atoms with Gasteiger partial charge in [-0.1, -0.05) is 6.58 Å². The lowest BCUT2D eigenvalue weighted by Crippen LogP contribution is -2.15. The average Bonchev–Trinajstić information content (AvgIpc) is 2.57. The van der Waals surface area contributed by atoms with Crippen LogP contribution >= 0.6 is 0 Å². The molecule has 0 aliphatic rings. The van der Waals surface area contributed by atoms with Gasteiger partial charge < -0.3 is 19.3 Å². The fourth-order valence-corrected chi connectivity index (χ4v) is 1.66. The lowest BCUT2D eigenvalue weighted by atomic mass is 10.1. The zero-order valence-corrected chi connectivity index (χ0v) is 14.1. The number of phenols is 1. The summed E-state index contributed by atoms with van der Waals surface area (Å²) in [6.07, 6.45) is 1.20. The van der Waals surface area contributed by atoms with Gasteiger partial charge in [-0.2, -0.15) is 5.26 Å². The molecule has 0 spiro atoms. The molecule has 132 valence electrons. The van der Waals surface area contributed by atoms with Crippen molar-refractivity contribution in [3.05, 3.63) is 41.5 Å². The first-order valence-corrected chi connectivity index (χ1v) is 7.46. The van der Waals surface area contributed by atoms with E-state index in [0.29, 0.717) is 12.4 Å². The lowest BCUT2D eigenvalue weighted by molar-refractivity contribution is -0.147. The molecule has 0 amide bonds. The van der Waals surface area contributed by atoms with Gasteiger partial charge in [0.15, 0.2) is 0 Å². The minimum Gasteiger partial charge on any atom is -0.507 e. The van der Waals surface area contributed by atoms with E-state index in [0.717, 1.165) is 0 Å². The molecule has 0 saturated carbocycles. The van der Waals surface area contributed by atoms with E-state index in [4.69, 9.17) is 19.5 Å². The summed E-state index contributed by atoms with van der Waals surface area (Å²) in [6.45, 7) is 6.81. The molecule has 0 heterocycles. The van der Waals surface area contributed by atoms with Crippen LogP contribution in [0, 0.1) is 11.3 Å². The van der Waals surface area contributed by atoms with Crippen molar-refractivity contribution in [3.63, 3.8) is 0 Å². The van der Waals surface area contributed by atoms with Gasteiger partial charge in [0.1, 0.15) is 36.4 Å². The standard InChI is InChI=1S/C18H19NO6/c1-4-23-15-6-5-13(16(20)10-15)9-14(11-19)18(22)25-8-7-24-17(21)12(2)3/h5-6,9-10,20H,2,4,7-8H2,1,3H3. The van der Waals surface area contributed by atoms with Crippen LogP contribution in [0.2, 0.25) is 0 Å². The zero-order chi connectivity index (χ0) is 18.8. The summed E-state index contributed by atoms with van der Waals surface area (Å²) in [7, 11) is 0. The Balaban J connectivity index is 2.70. The molecule has 1 N–H and O–H groups in total. The highest BCUT2D eigenvalue weighted by Gasteiger charge is 2.13. The lowest BCUT2D eigenvalue weighted by Gasteiger charge is -2.07. The van der Waals surface area contributed by atoms with Gasteiger partial charge in [0.25, 0.3) is 0 Å². The van der Waals surface area contributed by atoms with E-state index < -0.39 is 11.9 Å². The normalized spacial score (nSPS) is 10.5.